The smallest absolute Gasteiger partial charge is 0.253 e. The molecule has 0 spiro atoms. The maximum Gasteiger partial charge on any atom is 0.253 e. The molecule has 2 rings (SSSR count). The van der Waals surface area contributed by atoms with Gasteiger partial charge in [-0.1, -0.05) is 0 Å². The number of benzene rings is 1. The van der Waals surface area contributed by atoms with Crippen molar-refractivity contribution in [2.45, 2.75) is 25.3 Å². The monoisotopic (exact) mass is 319 g/mol. The van der Waals surface area contributed by atoms with Crippen LogP contribution in [0.3, 0.4) is 0 Å². The summed E-state index contributed by atoms with van der Waals surface area (Å²) in [7, 11) is 6.16. The standard InChI is InChI=1S/C18H29N3O2/c1-19(2)16-5-4-11-21(12-10-16)18(23)15-6-8-17(9-7-15)20(3)13-14-22/h6-9,16,22H,4-5,10-14H2,1-3H3/t16-/m1/s1. The SMILES string of the molecule is CN(CCO)c1ccc(C(=O)N2CCC[C@@H](N(C)C)CC2)cc1. The normalized spacial score (nSPS) is 18.8. The predicted molar refractivity (Wildman–Crippen MR) is 94.0 cm³/mol. The molecule has 0 radical (unpaired) electrons. The molecule has 0 aliphatic carbocycles. The van der Waals surface area contributed by atoms with E-state index in [9.17, 15) is 4.79 Å². The number of hydrogen-bond donors (Lipinski definition) is 1. The molecule has 23 heavy (non-hydrogen) atoms. The van der Waals surface area contributed by atoms with E-state index in [-0.39, 0.29) is 12.5 Å². The van der Waals surface area contributed by atoms with Gasteiger partial charge in [0.2, 0.25) is 0 Å². The second kappa shape index (κ2) is 8.31. The summed E-state index contributed by atoms with van der Waals surface area (Å²) in [6, 6.07) is 8.24. The number of carbonyl (C=O) groups excluding carboxylic acids is 1. The van der Waals surface area contributed by atoms with E-state index >= 15 is 0 Å². The molecule has 5 nitrogen and oxygen atoms in total. The Balaban J connectivity index is 2.00. The van der Waals surface area contributed by atoms with Gasteiger partial charge in [-0.25, -0.2) is 0 Å². The molecule has 1 aromatic carbocycles. The van der Waals surface area contributed by atoms with Gasteiger partial charge in [0, 0.05) is 44.0 Å². The van der Waals surface area contributed by atoms with E-state index in [0.717, 1.165) is 43.6 Å². The first-order chi connectivity index (χ1) is 11.0. The second-order valence-electron chi connectivity index (χ2n) is 6.53. The molecule has 1 aliphatic heterocycles. The van der Waals surface area contributed by atoms with Crippen LogP contribution in [0.2, 0.25) is 0 Å². The lowest BCUT2D eigenvalue weighted by atomic mass is 10.1. The molecular weight excluding hydrogens is 290 g/mol. The number of hydrogen-bond acceptors (Lipinski definition) is 4. The van der Waals surface area contributed by atoms with Crippen LogP contribution in [0.4, 0.5) is 5.69 Å². The van der Waals surface area contributed by atoms with Gasteiger partial charge in [0.05, 0.1) is 6.61 Å². The number of rotatable bonds is 5. The van der Waals surface area contributed by atoms with Gasteiger partial charge in [-0.15, -0.1) is 0 Å². The summed E-state index contributed by atoms with van der Waals surface area (Å²) in [6.07, 6.45) is 3.25. The van der Waals surface area contributed by atoms with Crippen LogP contribution in [-0.4, -0.2) is 74.2 Å². The molecule has 0 aromatic heterocycles. The first-order valence-corrected chi connectivity index (χ1v) is 8.40. The maximum absolute atomic E-state index is 12.7. The van der Waals surface area contributed by atoms with Crippen molar-refractivity contribution in [1.29, 1.82) is 0 Å². The van der Waals surface area contributed by atoms with Crippen molar-refractivity contribution in [3.05, 3.63) is 29.8 Å². The molecule has 1 saturated heterocycles. The summed E-state index contributed by atoms with van der Waals surface area (Å²) in [4.78, 5) is 18.9. The third-order valence-corrected chi connectivity index (χ3v) is 4.71. The van der Waals surface area contributed by atoms with Crippen molar-refractivity contribution >= 4 is 11.6 Å². The zero-order valence-electron chi connectivity index (χ0n) is 14.5. The average molecular weight is 319 g/mol. The maximum atomic E-state index is 12.7. The molecule has 1 aliphatic rings. The van der Waals surface area contributed by atoms with Crippen LogP contribution >= 0.6 is 0 Å². The van der Waals surface area contributed by atoms with Gasteiger partial charge >= 0.3 is 0 Å². The largest absolute Gasteiger partial charge is 0.395 e. The molecule has 1 aromatic rings. The molecule has 128 valence electrons. The highest BCUT2D eigenvalue weighted by Crippen LogP contribution is 2.19. The summed E-state index contributed by atoms with van der Waals surface area (Å²) in [5.41, 5.74) is 1.76. The highest BCUT2D eigenvalue weighted by molar-refractivity contribution is 5.94. The number of aliphatic hydroxyl groups excluding tert-OH is 1. The molecule has 5 heteroatoms. The van der Waals surface area contributed by atoms with E-state index < -0.39 is 0 Å². The van der Waals surface area contributed by atoms with Crippen LogP contribution in [0.1, 0.15) is 29.6 Å². The number of aliphatic hydroxyl groups is 1. The summed E-state index contributed by atoms with van der Waals surface area (Å²) in [5.74, 6) is 0.126. The minimum Gasteiger partial charge on any atom is -0.395 e. The molecular formula is C18H29N3O2. The first kappa shape index (κ1) is 17.8. The van der Waals surface area contributed by atoms with Gasteiger partial charge < -0.3 is 19.8 Å². The quantitative estimate of drug-likeness (QED) is 0.897. The highest BCUT2D eigenvalue weighted by Gasteiger charge is 2.22. The van der Waals surface area contributed by atoms with E-state index in [2.05, 4.69) is 19.0 Å². The molecule has 1 amide bonds. The van der Waals surface area contributed by atoms with Crippen molar-refractivity contribution < 1.29 is 9.90 Å². The lowest BCUT2D eigenvalue weighted by molar-refractivity contribution is 0.0758. The molecule has 0 unspecified atom stereocenters. The van der Waals surface area contributed by atoms with Crippen LogP contribution < -0.4 is 4.90 Å². The Hall–Kier alpha value is -1.59. The Morgan fingerprint density at radius 1 is 1.17 bits per heavy atom. The molecule has 1 heterocycles. The van der Waals surface area contributed by atoms with E-state index in [1.165, 1.54) is 0 Å². The van der Waals surface area contributed by atoms with Gasteiger partial charge in [0.1, 0.15) is 0 Å². The molecule has 1 fully saturated rings. The third kappa shape index (κ3) is 4.69. The Morgan fingerprint density at radius 2 is 1.87 bits per heavy atom. The van der Waals surface area contributed by atoms with E-state index in [0.29, 0.717) is 12.6 Å². The third-order valence-electron chi connectivity index (χ3n) is 4.71. The summed E-state index contributed by atoms with van der Waals surface area (Å²) in [6.45, 7) is 2.38. The number of likely N-dealkylation sites (tertiary alicyclic amines) is 1. The minimum absolute atomic E-state index is 0.123. The number of carbonyl (C=O) groups is 1. The fraction of sp³-hybridized carbons (Fsp3) is 0.611. The van der Waals surface area contributed by atoms with E-state index in [1.54, 1.807) is 0 Å². The number of anilines is 1. The zero-order valence-corrected chi connectivity index (χ0v) is 14.5. The fourth-order valence-corrected chi connectivity index (χ4v) is 3.12. The van der Waals surface area contributed by atoms with Gasteiger partial charge in [-0.3, -0.25) is 4.79 Å². The van der Waals surface area contributed by atoms with Crippen LogP contribution in [-0.2, 0) is 0 Å². The predicted octanol–water partition coefficient (Wildman–Crippen LogP) is 1.67. The van der Waals surface area contributed by atoms with Crippen molar-refractivity contribution in [3.8, 4) is 0 Å². The van der Waals surface area contributed by atoms with Gasteiger partial charge in [-0.2, -0.15) is 0 Å². The lowest BCUT2D eigenvalue weighted by Gasteiger charge is -2.24. The Labute approximate surface area is 139 Å². The molecule has 1 atom stereocenters. The lowest BCUT2D eigenvalue weighted by Crippen LogP contribution is -2.33. The van der Waals surface area contributed by atoms with Crippen molar-refractivity contribution in [1.82, 2.24) is 9.80 Å². The number of nitrogens with zero attached hydrogens (tertiary/aromatic N) is 3. The van der Waals surface area contributed by atoms with Crippen molar-refractivity contribution in [2.75, 3.05) is 52.3 Å². The van der Waals surface area contributed by atoms with Crippen LogP contribution in [0.5, 0.6) is 0 Å². The molecule has 0 bridgehead atoms. The van der Waals surface area contributed by atoms with Crippen molar-refractivity contribution in [3.63, 3.8) is 0 Å². The summed E-state index contributed by atoms with van der Waals surface area (Å²) < 4.78 is 0. The molecule has 1 N–H and O–H groups in total. The first-order valence-electron chi connectivity index (χ1n) is 8.40. The number of likely N-dealkylation sites (N-methyl/N-ethyl adjacent to an activating group) is 1. The minimum atomic E-state index is 0.123. The molecule has 0 saturated carbocycles. The second-order valence-corrected chi connectivity index (χ2v) is 6.53. The van der Waals surface area contributed by atoms with E-state index in [4.69, 9.17) is 5.11 Å². The van der Waals surface area contributed by atoms with Gasteiger partial charge in [-0.05, 0) is 57.6 Å². The average Bonchev–Trinajstić information content (AvgIpc) is 2.81. The van der Waals surface area contributed by atoms with Crippen LogP contribution in [0.15, 0.2) is 24.3 Å². The fourth-order valence-electron chi connectivity index (χ4n) is 3.12. The van der Waals surface area contributed by atoms with Crippen molar-refractivity contribution in [2.24, 2.45) is 0 Å². The Morgan fingerprint density at radius 3 is 2.48 bits per heavy atom. The van der Waals surface area contributed by atoms with E-state index in [1.807, 2.05) is 41.1 Å². The Bertz CT molecular complexity index is 501. The van der Waals surface area contributed by atoms with Gasteiger partial charge in [0.25, 0.3) is 5.91 Å². The number of amides is 1. The zero-order chi connectivity index (χ0) is 16.8. The van der Waals surface area contributed by atoms with Gasteiger partial charge in [0.15, 0.2) is 0 Å². The van der Waals surface area contributed by atoms with Crippen LogP contribution in [0.25, 0.3) is 0 Å². The van der Waals surface area contributed by atoms with Crippen LogP contribution in [0, 0.1) is 0 Å². The summed E-state index contributed by atoms with van der Waals surface area (Å²) in [5, 5.41) is 8.99. The Kier molecular flexibility index (Phi) is 6.42. The summed E-state index contributed by atoms with van der Waals surface area (Å²) >= 11 is 0. The topological polar surface area (TPSA) is 47.0 Å². The highest BCUT2D eigenvalue weighted by atomic mass is 16.3.